The van der Waals surface area contributed by atoms with E-state index in [9.17, 15) is 14.4 Å². The summed E-state index contributed by atoms with van der Waals surface area (Å²) in [6, 6.07) is 18.2. The first-order valence-corrected chi connectivity index (χ1v) is 7.66. The molecule has 0 bridgehead atoms. The van der Waals surface area contributed by atoms with Crippen molar-refractivity contribution in [2.75, 3.05) is 14.2 Å². The highest BCUT2D eigenvalue weighted by molar-refractivity contribution is 6.35. The summed E-state index contributed by atoms with van der Waals surface area (Å²) < 4.78 is 10.8. The van der Waals surface area contributed by atoms with Gasteiger partial charge in [-0.05, 0) is 0 Å². The molecule has 0 unspecified atom stereocenters. The maximum absolute atomic E-state index is 12.7. The van der Waals surface area contributed by atoms with E-state index in [0.717, 1.165) is 0 Å². The third-order valence-electron chi connectivity index (χ3n) is 3.56. The van der Waals surface area contributed by atoms with Crippen LogP contribution in [0.15, 0.2) is 60.7 Å². The summed E-state index contributed by atoms with van der Waals surface area (Å²) in [6.45, 7) is 2.50. The number of carbonyl (C=O) groups excluding carboxylic acids is 3. The molecule has 132 valence electrons. The second kappa shape index (κ2) is 9.61. The van der Waals surface area contributed by atoms with Crippen molar-refractivity contribution in [3.8, 4) is 0 Å². The number of hydrogen-bond donors (Lipinski definition) is 0. The number of Topliss-reactive ketones (excluding diaryl/α,β-unsaturated/α-hetero) is 3. The van der Waals surface area contributed by atoms with Crippen molar-refractivity contribution < 1.29 is 23.9 Å². The first kappa shape index (κ1) is 20.4. The summed E-state index contributed by atoms with van der Waals surface area (Å²) in [5.74, 6) is -2.38. The Balaban J connectivity index is 0.000000450. The molecule has 0 aromatic heterocycles. The van der Waals surface area contributed by atoms with E-state index in [1.165, 1.54) is 28.1 Å². The highest BCUT2D eigenvalue weighted by atomic mass is 16.7. The molecule has 5 nitrogen and oxygen atoms in total. The van der Waals surface area contributed by atoms with Gasteiger partial charge in [0.25, 0.3) is 5.79 Å². The molecule has 25 heavy (non-hydrogen) atoms. The molecule has 0 aliphatic rings. The van der Waals surface area contributed by atoms with Gasteiger partial charge in [0.05, 0.1) is 0 Å². The van der Waals surface area contributed by atoms with E-state index in [2.05, 4.69) is 0 Å². The highest BCUT2D eigenvalue weighted by Crippen LogP contribution is 2.30. The van der Waals surface area contributed by atoms with Crippen LogP contribution in [0.1, 0.15) is 29.8 Å². The Bertz CT molecular complexity index is 691. The maximum atomic E-state index is 12.7. The summed E-state index contributed by atoms with van der Waals surface area (Å²) in [5, 5.41) is 0. The summed E-state index contributed by atoms with van der Waals surface area (Å²) in [5.41, 5.74) is 1.23. The molecule has 0 atom stereocenters. The molecule has 5 heteroatoms. The minimum absolute atomic E-state index is 0.218. The van der Waals surface area contributed by atoms with Crippen LogP contribution >= 0.6 is 0 Å². The fourth-order valence-corrected chi connectivity index (χ4v) is 2.07. The van der Waals surface area contributed by atoms with Crippen LogP contribution in [0, 0.1) is 0 Å². The molecule has 0 spiro atoms. The Hall–Kier alpha value is -2.63. The Morgan fingerprint density at radius 3 is 1.48 bits per heavy atom. The van der Waals surface area contributed by atoms with Crippen molar-refractivity contribution in [3.63, 3.8) is 0 Å². The number of benzene rings is 2. The van der Waals surface area contributed by atoms with Gasteiger partial charge in [0.15, 0.2) is 11.6 Å². The van der Waals surface area contributed by atoms with Crippen LogP contribution in [-0.2, 0) is 24.8 Å². The van der Waals surface area contributed by atoms with Gasteiger partial charge in [0.2, 0.25) is 5.78 Å². The Labute approximate surface area is 147 Å². The molecule has 0 aliphatic heterocycles. The van der Waals surface area contributed by atoms with Crippen LogP contribution in [0.3, 0.4) is 0 Å². The van der Waals surface area contributed by atoms with Gasteiger partial charge in [-0.25, -0.2) is 0 Å². The molecule has 0 saturated heterocycles. The zero-order valence-corrected chi connectivity index (χ0v) is 14.8. The van der Waals surface area contributed by atoms with E-state index >= 15 is 0 Å². The topological polar surface area (TPSA) is 69.7 Å². The summed E-state index contributed by atoms with van der Waals surface area (Å²) in [6.07, 6.45) is 0. The van der Waals surface area contributed by atoms with E-state index < -0.39 is 5.79 Å². The number of carbonyl (C=O) groups is 3. The van der Waals surface area contributed by atoms with Gasteiger partial charge < -0.3 is 9.47 Å². The minimum atomic E-state index is -1.40. The quantitative estimate of drug-likeness (QED) is 0.458. The van der Waals surface area contributed by atoms with Crippen molar-refractivity contribution in [2.24, 2.45) is 0 Å². The SMILES string of the molecule is CC(=O)C(C)=O.COC(OC)(C(=O)c1ccccc1)c1ccccc1. The van der Waals surface area contributed by atoms with Crippen molar-refractivity contribution in [1.29, 1.82) is 0 Å². The summed E-state index contributed by atoms with van der Waals surface area (Å²) >= 11 is 0. The fraction of sp³-hybridized carbons (Fsp3) is 0.250. The molecule has 0 aliphatic carbocycles. The molecule has 0 heterocycles. The molecule has 0 saturated carbocycles. The lowest BCUT2D eigenvalue weighted by molar-refractivity contribution is -0.176. The Morgan fingerprint density at radius 1 is 0.720 bits per heavy atom. The first-order valence-electron chi connectivity index (χ1n) is 7.66. The zero-order valence-electron chi connectivity index (χ0n) is 14.8. The monoisotopic (exact) mass is 342 g/mol. The first-order chi connectivity index (χ1) is 11.9. The number of rotatable bonds is 6. The van der Waals surface area contributed by atoms with Crippen molar-refractivity contribution >= 4 is 17.3 Å². The van der Waals surface area contributed by atoms with Gasteiger partial charge in [-0.3, -0.25) is 14.4 Å². The molecule has 0 amide bonds. The predicted molar refractivity (Wildman–Crippen MR) is 94.3 cm³/mol. The number of ketones is 3. The van der Waals surface area contributed by atoms with Crippen LogP contribution in [-0.4, -0.2) is 31.6 Å². The van der Waals surface area contributed by atoms with Gasteiger partial charge in [0, 0.05) is 39.2 Å². The molecule has 0 N–H and O–H groups in total. The predicted octanol–water partition coefficient (Wildman–Crippen LogP) is 3.18. The fourth-order valence-electron chi connectivity index (χ4n) is 2.07. The van der Waals surface area contributed by atoms with Gasteiger partial charge in [0.1, 0.15) is 0 Å². The molecular formula is C20H22O5. The van der Waals surface area contributed by atoms with E-state index in [-0.39, 0.29) is 17.3 Å². The smallest absolute Gasteiger partial charge is 0.260 e. The van der Waals surface area contributed by atoms with E-state index in [1.807, 2.05) is 48.5 Å². The summed E-state index contributed by atoms with van der Waals surface area (Å²) in [7, 11) is 2.94. The average molecular weight is 342 g/mol. The third-order valence-corrected chi connectivity index (χ3v) is 3.56. The maximum Gasteiger partial charge on any atom is 0.260 e. The molecule has 0 radical (unpaired) electrons. The third kappa shape index (κ3) is 5.17. The van der Waals surface area contributed by atoms with Crippen LogP contribution in [0.5, 0.6) is 0 Å². The summed E-state index contributed by atoms with van der Waals surface area (Å²) in [4.78, 5) is 32.3. The second-order valence-corrected chi connectivity index (χ2v) is 5.20. The Kier molecular flexibility index (Phi) is 7.85. The lowest BCUT2D eigenvalue weighted by atomic mass is 9.96. The second-order valence-electron chi connectivity index (χ2n) is 5.20. The van der Waals surface area contributed by atoms with Gasteiger partial charge >= 0.3 is 0 Å². The lowest BCUT2D eigenvalue weighted by Crippen LogP contribution is -2.39. The zero-order chi connectivity index (χ0) is 18.9. The van der Waals surface area contributed by atoms with E-state index in [4.69, 9.17) is 9.47 Å². The van der Waals surface area contributed by atoms with Crippen molar-refractivity contribution in [3.05, 3.63) is 71.8 Å². The van der Waals surface area contributed by atoms with Crippen LogP contribution in [0.4, 0.5) is 0 Å². The van der Waals surface area contributed by atoms with Crippen LogP contribution in [0.25, 0.3) is 0 Å². The number of hydrogen-bond acceptors (Lipinski definition) is 5. The van der Waals surface area contributed by atoms with Crippen molar-refractivity contribution in [2.45, 2.75) is 19.6 Å². The molecule has 2 rings (SSSR count). The highest BCUT2D eigenvalue weighted by Gasteiger charge is 2.41. The molecular weight excluding hydrogens is 320 g/mol. The van der Waals surface area contributed by atoms with Gasteiger partial charge in [-0.15, -0.1) is 0 Å². The minimum Gasteiger partial charge on any atom is -0.343 e. The molecule has 2 aromatic rings. The van der Waals surface area contributed by atoms with Crippen LogP contribution in [0.2, 0.25) is 0 Å². The van der Waals surface area contributed by atoms with Crippen LogP contribution < -0.4 is 0 Å². The molecule has 2 aromatic carbocycles. The normalized spacial score (nSPS) is 10.4. The largest absolute Gasteiger partial charge is 0.343 e. The standard InChI is InChI=1S/C16H16O3.C4H6O2/c1-18-16(19-2,14-11-7-4-8-12-14)15(17)13-9-5-3-6-10-13;1-3(5)4(2)6/h3-12H,1-2H3;1-2H3. The van der Waals surface area contributed by atoms with E-state index in [1.54, 1.807) is 12.1 Å². The number of methoxy groups -OCH3 is 2. The average Bonchev–Trinajstić information content (AvgIpc) is 2.65. The van der Waals surface area contributed by atoms with Gasteiger partial charge in [-0.1, -0.05) is 60.7 Å². The lowest BCUT2D eigenvalue weighted by Gasteiger charge is -2.29. The number of ether oxygens (including phenoxy) is 2. The van der Waals surface area contributed by atoms with Crippen molar-refractivity contribution in [1.82, 2.24) is 0 Å². The van der Waals surface area contributed by atoms with E-state index in [0.29, 0.717) is 11.1 Å². The Morgan fingerprint density at radius 2 is 1.12 bits per heavy atom. The molecule has 0 fully saturated rings. The van der Waals surface area contributed by atoms with Gasteiger partial charge in [-0.2, -0.15) is 0 Å².